The van der Waals surface area contributed by atoms with Crippen LogP contribution in [0.1, 0.15) is 30.6 Å². The van der Waals surface area contributed by atoms with Gasteiger partial charge in [0.1, 0.15) is 5.82 Å². The molecule has 3 saturated heterocycles. The van der Waals surface area contributed by atoms with E-state index >= 15 is 0 Å². The van der Waals surface area contributed by atoms with Crippen molar-refractivity contribution in [3.63, 3.8) is 0 Å². The molecule has 1 aromatic rings. The third-order valence-corrected chi connectivity index (χ3v) is 6.20. The molecule has 3 aliphatic heterocycles. The van der Waals surface area contributed by atoms with Crippen LogP contribution < -0.4 is 0 Å². The van der Waals surface area contributed by atoms with Crippen molar-refractivity contribution in [2.24, 2.45) is 5.92 Å². The van der Waals surface area contributed by atoms with Gasteiger partial charge in [-0.25, -0.2) is 4.39 Å². The summed E-state index contributed by atoms with van der Waals surface area (Å²) in [6, 6.07) is 6.50. The maximum absolute atomic E-state index is 14.2. The molecule has 4 rings (SSSR count). The summed E-state index contributed by atoms with van der Waals surface area (Å²) in [5.74, 6) is 0.0625. The zero-order chi connectivity index (χ0) is 19.0. The molecule has 0 unspecified atom stereocenters. The molecule has 6 heteroatoms. The fourth-order valence-corrected chi connectivity index (χ4v) is 4.82. The second-order valence-electron chi connectivity index (χ2n) is 8.71. The van der Waals surface area contributed by atoms with Crippen molar-refractivity contribution < 1.29 is 13.9 Å². The van der Waals surface area contributed by atoms with E-state index < -0.39 is 5.82 Å². The second kappa shape index (κ2) is 7.49. The van der Waals surface area contributed by atoms with Gasteiger partial charge in [-0.05, 0) is 31.0 Å². The average molecular weight is 375 g/mol. The number of ether oxygens (including phenoxy) is 1. The molecule has 0 bridgehead atoms. The number of benzene rings is 1. The highest BCUT2D eigenvalue weighted by Crippen LogP contribution is 2.36. The van der Waals surface area contributed by atoms with Crippen molar-refractivity contribution in [2.75, 3.05) is 52.5 Å². The number of nitrogens with zero attached hydrogens (tertiary/aromatic N) is 3. The summed E-state index contributed by atoms with van der Waals surface area (Å²) >= 11 is 0. The first-order valence-electron chi connectivity index (χ1n) is 10.1. The Labute approximate surface area is 161 Å². The molecule has 0 saturated carbocycles. The maximum Gasteiger partial charge on any atom is 0.256 e. The number of likely N-dealkylation sites (tertiary alicyclic amines) is 1. The van der Waals surface area contributed by atoms with Crippen LogP contribution in [0.4, 0.5) is 4.39 Å². The first-order valence-corrected chi connectivity index (χ1v) is 10.1. The SMILES string of the molecule is CC(C)CCN1CC2(C1)CN(C(=O)c1ccccc1F)C[C@@H]1COCCN12. The van der Waals surface area contributed by atoms with Crippen molar-refractivity contribution >= 4 is 5.91 Å². The summed E-state index contributed by atoms with van der Waals surface area (Å²) in [4.78, 5) is 19.9. The number of carbonyl (C=O) groups excluding carboxylic acids is 1. The maximum atomic E-state index is 14.2. The van der Waals surface area contributed by atoms with E-state index in [-0.39, 0.29) is 23.1 Å². The van der Waals surface area contributed by atoms with E-state index in [1.54, 1.807) is 18.2 Å². The molecule has 1 amide bonds. The van der Waals surface area contributed by atoms with Gasteiger partial charge >= 0.3 is 0 Å². The number of rotatable bonds is 4. The Balaban J connectivity index is 1.51. The lowest BCUT2D eigenvalue weighted by atomic mass is 9.82. The molecule has 0 aromatic heterocycles. The molecular weight excluding hydrogens is 345 g/mol. The number of amides is 1. The standard InChI is InChI=1S/C21H30FN3O2/c1-16(2)7-8-23-13-21(14-23)15-24(11-17-12-27-10-9-25(17)21)20(26)18-5-3-4-6-19(18)22/h3-6,16-17H,7-15H2,1-2H3/t17-/m1/s1. The van der Waals surface area contributed by atoms with E-state index in [4.69, 9.17) is 4.74 Å². The molecule has 0 aliphatic carbocycles. The monoisotopic (exact) mass is 375 g/mol. The first-order chi connectivity index (χ1) is 13.0. The summed E-state index contributed by atoms with van der Waals surface area (Å²) in [5, 5.41) is 0. The summed E-state index contributed by atoms with van der Waals surface area (Å²) < 4.78 is 19.9. The molecule has 1 atom stereocenters. The highest BCUT2D eigenvalue weighted by atomic mass is 19.1. The lowest BCUT2D eigenvalue weighted by molar-refractivity contribution is -0.158. The van der Waals surface area contributed by atoms with Gasteiger partial charge in [-0.3, -0.25) is 14.6 Å². The molecular formula is C21H30FN3O2. The summed E-state index contributed by atoms with van der Waals surface area (Å²) in [5.41, 5.74) is 0.165. The van der Waals surface area contributed by atoms with Gasteiger partial charge in [0.2, 0.25) is 0 Å². The van der Waals surface area contributed by atoms with Gasteiger partial charge in [0.15, 0.2) is 0 Å². The van der Waals surface area contributed by atoms with Gasteiger partial charge in [0.25, 0.3) is 5.91 Å². The number of halogens is 1. The van der Waals surface area contributed by atoms with Crippen LogP contribution in [0.15, 0.2) is 24.3 Å². The Morgan fingerprint density at radius 1 is 1.30 bits per heavy atom. The minimum atomic E-state index is -0.439. The Morgan fingerprint density at radius 3 is 2.81 bits per heavy atom. The number of hydrogen-bond donors (Lipinski definition) is 0. The molecule has 3 fully saturated rings. The Kier molecular flexibility index (Phi) is 5.23. The third kappa shape index (κ3) is 3.62. The third-order valence-electron chi connectivity index (χ3n) is 6.20. The smallest absolute Gasteiger partial charge is 0.256 e. The summed E-state index contributed by atoms with van der Waals surface area (Å²) in [7, 11) is 0. The molecule has 148 valence electrons. The number of hydrogen-bond acceptors (Lipinski definition) is 4. The van der Waals surface area contributed by atoms with E-state index in [0.717, 1.165) is 32.8 Å². The van der Waals surface area contributed by atoms with Crippen LogP contribution in [-0.4, -0.2) is 84.7 Å². The van der Waals surface area contributed by atoms with Gasteiger partial charge in [0.05, 0.1) is 30.4 Å². The number of carbonyl (C=O) groups is 1. The van der Waals surface area contributed by atoms with E-state index in [1.165, 1.54) is 12.5 Å². The van der Waals surface area contributed by atoms with Crippen LogP contribution >= 0.6 is 0 Å². The normalized spacial score (nSPS) is 25.5. The van der Waals surface area contributed by atoms with Crippen LogP contribution in [0, 0.1) is 11.7 Å². The zero-order valence-electron chi connectivity index (χ0n) is 16.4. The molecule has 3 heterocycles. The van der Waals surface area contributed by atoms with E-state index in [1.807, 2.05) is 4.90 Å². The van der Waals surface area contributed by atoms with Gasteiger partial charge in [-0.15, -0.1) is 0 Å². The Morgan fingerprint density at radius 2 is 2.07 bits per heavy atom. The van der Waals surface area contributed by atoms with Crippen molar-refractivity contribution in [1.29, 1.82) is 0 Å². The lowest BCUT2D eigenvalue weighted by Gasteiger charge is -2.63. The lowest BCUT2D eigenvalue weighted by Crippen LogP contribution is -2.80. The Hall–Kier alpha value is -1.50. The van der Waals surface area contributed by atoms with Gasteiger partial charge in [-0.1, -0.05) is 26.0 Å². The van der Waals surface area contributed by atoms with Crippen LogP contribution in [0.2, 0.25) is 0 Å². The molecule has 3 aliphatic rings. The van der Waals surface area contributed by atoms with E-state index in [2.05, 4.69) is 23.6 Å². The number of morpholine rings is 1. The predicted molar refractivity (Wildman–Crippen MR) is 102 cm³/mol. The van der Waals surface area contributed by atoms with E-state index in [9.17, 15) is 9.18 Å². The van der Waals surface area contributed by atoms with Crippen molar-refractivity contribution in [3.05, 3.63) is 35.6 Å². The highest BCUT2D eigenvalue weighted by molar-refractivity contribution is 5.94. The molecule has 27 heavy (non-hydrogen) atoms. The highest BCUT2D eigenvalue weighted by Gasteiger charge is 2.54. The van der Waals surface area contributed by atoms with Crippen LogP contribution in [0.25, 0.3) is 0 Å². The predicted octanol–water partition coefficient (Wildman–Crippen LogP) is 2.08. The second-order valence-corrected chi connectivity index (χ2v) is 8.71. The van der Waals surface area contributed by atoms with Crippen molar-refractivity contribution in [1.82, 2.24) is 14.7 Å². The Bertz CT molecular complexity index is 690. The summed E-state index contributed by atoms with van der Waals surface area (Å²) in [6.07, 6.45) is 1.19. The topological polar surface area (TPSA) is 36.0 Å². The van der Waals surface area contributed by atoms with Gasteiger partial charge < -0.3 is 9.64 Å². The fraction of sp³-hybridized carbons (Fsp3) is 0.667. The fourth-order valence-electron chi connectivity index (χ4n) is 4.82. The van der Waals surface area contributed by atoms with E-state index in [0.29, 0.717) is 25.6 Å². The van der Waals surface area contributed by atoms with Gasteiger partial charge in [0, 0.05) is 32.7 Å². The van der Waals surface area contributed by atoms with Crippen molar-refractivity contribution in [2.45, 2.75) is 31.8 Å². The molecule has 0 N–H and O–H groups in total. The minimum absolute atomic E-state index is 0.00933. The molecule has 0 radical (unpaired) electrons. The molecule has 5 nitrogen and oxygen atoms in total. The van der Waals surface area contributed by atoms with Crippen LogP contribution in [0.3, 0.4) is 0 Å². The van der Waals surface area contributed by atoms with Gasteiger partial charge in [-0.2, -0.15) is 0 Å². The van der Waals surface area contributed by atoms with Crippen molar-refractivity contribution in [3.8, 4) is 0 Å². The average Bonchev–Trinajstić information content (AvgIpc) is 2.63. The first kappa shape index (κ1) is 18.8. The largest absolute Gasteiger partial charge is 0.378 e. The minimum Gasteiger partial charge on any atom is -0.378 e. The molecule has 1 spiro atoms. The molecule has 1 aromatic carbocycles. The van der Waals surface area contributed by atoms with Crippen LogP contribution in [-0.2, 0) is 4.74 Å². The quantitative estimate of drug-likeness (QED) is 0.807. The summed E-state index contributed by atoms with van der Waals surface area (Å²) in [6.45, 7) is 11.2. The number of fused-ring (bicyclic) bond motifs is 2. The zero-order valence-corrected chi connectivity index (χ0v) is 16.4. The van der Waals surface area contributed by atoms with Crippen LogP contribution in [0.5, 0.6) is 0 Å². The number of piperazine rings is 1.